The smallest absolute Gasteiger partial charge is 0.348 e. The maximum atomic E-state index is 12.8. The number of nitrogens with one attached hydrogen (secondary N) is 1. The molecule has 1 aromatic carbocycles. The minimum atomic E-state index is -0.653. The van der Waals surface area contributed by atoms with Crippen molar-refractivity contribution in [1.29, 1.82) is 0 Å². The third-order valence-electron chi connectivity index (χ3n) is 5.55. The van der Waals surface area contributed by atoms with E-state index in [1.165, 1.54) is 26.0 Å². The number of thiophene rings is 1. The number of anilines is 1. The third-order valence-corrected chi connectivity index (χ3v) is 7.71. The standard InChI is InChI=1S/C25H30N4O6S2/c1-8-29-21(16(5)35-17-10-9-13(2)11-14(17)3)27-28-25(29)36-12-18(30)26-22-19(23(31)33-6)15(4)20(37-22)24(32)34-7/h9-11,16H,8,12H2,1-7H3,(H,26,30). The first-order valence-electron chi connectivity index (χ1n) is 11.5. The summed E-state index contributed by atoms with van der Waals surface area (Å²) >= 11 is 2.17. The summed E-state index contributed by atoms with van der Waals surface area (Å²) < 4.78 is 17.7. The number of hydrogen-bond donors (Lipinski definition) is 1. The Balaban J connectivity index is 1.73. The van der Waals surface area contributed by atoms with Gasteiger partial charge in [-0.3, -0.25) is 4.79 Å². The predicted octanol–water partition coefficient (Wildman–Crippen LogP) is 4.73. The SMILES string of the molecule is CCn1c(SCC(=O)Nc2sc(C(=O)OC)c(C)c2C(=O)OC)nnc1C(C)Oc1ccc(C)cc1C. The average Bonchev–Trinajstić information content (AvgIpc) is 3.43. The Labute approximate surface area is 223 Å². The average molecular weight is 547 g/mol. The first-order valence-corrected chi connectivity index (χ1v) is 13.3. The van der Waals surface area contributed by atoms with Gasteiger partial charge in [0.1, 0.15) is 15.6 Å². The molecule has 3 rings (SSSR count). The van der Waals surface area contributed by atoms with Crippen LogP contribution in [-0.4, -0.2) is 52.6 Å². The van der Waals surface area contributed by atoms with Crippen LogP contribution in [0.25, 0.3) is 0 Å². The molecule has 0 bridgehead atoms. The van der Waals surface area contributed by atoms with E-state index in [4.69, 9.17) is 14.2 Å². The Morgan fingerprint density at radius 2 is 1.81 bits per heavy atom. The first kappa shape index (κ1) is 28.2. The van der Waals surface area contributed by atoms with Gasteiger partial charge in [0.2, 0.25) is 5.91 Å². The number of esters is 2. The van der Waals surface area contributed by atoms with E-state index in [1.807, 2.05) is 44.4 Å². The molecule has 12 heteroatoms. The summed E-state index contributed by atoms with van der Waals surface area (Å²) in [5.41, 5.74) is 2.71. The Hall–Kier alpha value is -3.38. The Morgan fingerprint density at radius 1 is 1.11 bits per heavy atom. The van der Waals surface area contributed by atoms with Gasteiger partial charge in [0.05, 0.1) is 25.5 Å². The van der Waals surface area contributed by atoms with Crippen molar-refractivity contribution in [2.75, 3.05) is 25.3 Å². The highest BCUT2D eigenvalue weighted by Gasteiger charge is 2.27. The largest absolute Gasteiger partial charge is 0.482 e. The number of benzene rings is 1. The summed E-state index contributed by atoms with van der Waals surface area (Å²) in [7, 11) is 2.49. The monoisotopic (exact) mass is 546 g/mol. The molecule has 0 saturated heterocycles. The molecule has 37 heavy (non-hydrogen) atoms. The molecule has 3 aromatic rings. The molecular formula is C25H30N4O6S2. The number of methoxy groups -OCH3 is 2. The molecule has 0 saturated carbocycles. The van der Waals surface area contributed by atoms with Crippen LogP contribution >= 0.6 is 23.1 Å². The van der Waals surface area contributed by atoms with E-state index in [0.29, 0.717) is 23.1 Å². The van der Waals surface area contributed by atoms with Gasteiger partial charge in [-0.15, -0.1) is 21.5 Å². The number of rotatable bonds is 10. The van der Waals surface area contributed by atoms with Crippen molar-refractivity contribution >= 4 is 45.9 Å². The Bertz CT molecular complexity index is 1320. The second-order valence-corrected chi connectivity index (χ2v) is 10.2. The number of carbonyl (C=O) groups is 3. The van der Waals surface area contributed by atoms with Crippen molar-refractivity contribution in [3.63, 3.8) is 0 Å². The second kappa shape index (κ2) is 12.2. The van der Waals surface area contributed by atoms with E-state index in [-0.39, 0.29) is 33.2 Å². The zero-order valence-electron chi connectivity index (χ0n) is 21.8. The number of hydrogen-bond acceptors (Lipinski definition) is 10. The van der Waals surface area contributed by atoms with E-state index < -0.39 is 11.9 Å². The van der Waals surface area contributed by atoms with E-state index in [9.17, 15) is 14.4 Å². The van der Waals surface area contributed by atoms with Gasteiger partial charge in [-0.25, -0.2) is 9.59 Å². The fourth-order valence-electron chi connectivity index (χ4n) is 3.71. The maximum Gasteiger partial charge on any atom is 0.348 e. The molecular weight excluding hydrogens is 516 g/mol. The number of thioether (sulfide) groups is 1. The highest BCUT2D eigenvalue weighted by molar-refractivity contribution is 7.99. The van der Waals surface area contributed by atoms with Gasteiger partial charge in [0.25, 0.3) is 0 Å². The van der Waals surface area contributed by atoms with Crippen LogP contribution in [0.15, 0.2) is 23.4 Å². The van der Waals surface area contributed by atoms with E-state index in [0.717, 1.165) is 28.2 Å². The lowest BCUT2D eigenvalue weighted by Crippen LogP contribution is -2.17. The maximum absolute atomic E-state index is 12.8. The molecule has 0 aliphatic carbocycles. The van der Waals surface area contributed by atoms with Gasteiger partial charge in [-0.1, -0.05) is 29.5 Å². The fraction of sp³-hybridized carbons (Fsp3) is 0.400. The van der Waals surface area contributed by atoms with Crippen molar-refractivity contribution < 1.29 is 28.6 Å². The molecule has 2 heterocycles. The van der Waals surface area contributed by atoms with Crippen LogP contribution in [0, 0.1) is 20.8 Å². The fourth-order valence-corrected chi connectivity index (χ4v) is 5.65. The van der Waals surface area contributed by atoms with Crippen molar-refractivity contribution in [1.82, 2.24) is 14.8 Å². The quantitative estimate of drug-likeness (QED) is 0.284. The summed E-state index contributed by atoms with van der Waals surface area (Å²) in [5, 5.41) is 12.1. The van der Waals surface area contributed by atoms with Crippen LogP contribution in [0.3, 0.4) is 0 Å². The van der Waals surface area contributed by atoms with Crippen molar-refractivity contribution in [3.8, 4) is 5.75 Å². The number of ether oxygens (including phenoxy) is 3. The normalized spacial score (nSPS) is 11.6. The molecule has 1 N–H and O–H groups in total. The molecule has 2 aromatic heterocycles. The molecule has 10 nitrogen and oxygen atoms in total. The van der Waals surface area contributed by atoms with Crippen LogP contribution in [-0.2, 0) is 20.8 Å². The lowest BCUT2D eigenvalue weighted by atomic mass is 10.1. The Morgan fingerprint density at radius 3 is 2.43 bits per heavy atom. The molecule has 0 aliphatic rings. The highest BCUT2D eigenvalue weighted by atomic mass is 32.2. The minimum Gasteiger partial charge on any atom is -0.482 e. The van der Waals surface area contributed by atoms with Crippen LogP contribution in [0.5, 0.6) is 5.75 Å². The second-order valence-electron chi connectivity index (χ2n) is 8.19. The molecule has 1 amide bonds. The van der Waals surface area contributed by atoms with Crippen molar-refractivity contribution in [3.05, 3.63) is 51.2 Å². The first-order chi connectivity index (χ1) is 17.6. The third kappa shape index (κ3) is 6.31. The molecule has 0 radical (unpaired) electrons. The van der Waals surface area contributed by atoms with Gasteiger partial charge in [0, 0.05) is 6.54 Å². The molecule has 0 fully saturated rings. The summed E-state index contributed by atoms with van der Waals surface area (Å²) in [4.78, 5) is 37.4. The molecule has 198 valence electrons. The highest BCUT2D eigenvalue weighted by Crippen LogP contribution is 2.34. The number of aryl methyl sites for hydroxylation is 2. The van der Waals surface area contributed by atoms with Crippen molar-refractivity contribution in [2.24, 2.45) is 0 Å². The zero-order valence-corrected chi connectivity index (χ0v) is 23.5. The summed E-state index contributed by atoms with van der Waals surface area (Å²) in [6, 6.07) is 5.99. The Kier molecular flexibility index (Phi) is 9.33. The van der Waals surface area contributed by atoms with Gasteiger partial charge < -0.3 is 24.1 Å². The van der Waals surface area contributed by atoms with Gasteiger partial charge in [0.15, 0.2) is 17.1 Å². The van der Waals surface area contributed by atoms with Gasteiger partial charge >= 0.3 is 11.9 Å². The molecule has 1 unspecified atom stereocenters. The predicted molar refractivity (Wildman–Crippen MR) is 142 cm³/mol. The van der Waals surface area contributed by atoms with Crippen molar-refractivity contribution in [2.45, 2.75) is 52.4 Å². The van der Waals surface area contributed by atoms with Gasteiger partial charge in [-0.05, 0) is 51.8 Å². The topological polar surface area (TPSA) is 122 Å². The number of nitrogens with zero attached hydrogens (tertiary/aromatic N) is 3. The minimum absolute atomic E-state index is 0.00948. The molecule has 0 spiro atoms. The molecule has 0 aliphatic heterocycles. The lowest BCUT2D eigenvalue weighted by Gasteiger charge is -2.17. The van der Waals surface area contributed by atoms with Crippen LogP contribution in [0.1, 0.15) is 62.5 Å². The van der Waals surface area contributed by atoms with E-state index in [1.54, 1.807) is 6.92 Å². The van der Waals surface area contributed by atoms with Gasteiger partial charge in [-0.2, -0.15) is 0 Å². The summed E-state index contributed by atoms with van der Waals surface area (Å²) in [6.07, 6.45) is -0.356. The van der Waals surface area contributed by atoms with E-state index in [2.05, 4.69) is 21.6 Å². The van der Waals surface area contributed by atoms with Crippen LogP contribution < -0.4 is 10.1 Å². The van der Waals surface area contributed by atoms with Crippen LogP contribution in [0.2, 0.25) is 0 Å². The number of aromatic nitrogens is 3. The molecule has 1 atom stereocenters. The lowest BCUT2D eigenvalue weighted by molar-refractivity contribution is -0.113. The zero-order chi connectivity index (χ0) is 27.3. The van der Waals surface area contributed by atoms with E-state index >= 15 is 0 Å². The van der Waals surface area contributed by atoms with Crippen LogP contribution in [0.4, 0.5) is 5.00 Å². The number of carbonyl (C=O) groups excluding carboxylic acids is 3. The summed E-state index contributed by atoms with van der Waals surface area (Å²) in [5.74, 6) is -0.190. The number of amides is 1. The summed E-state index contributed by atoms with van der Waals surface area (Å²) in [6.45, 7) is 10.1.